The van der Waals surface area contributed by atoms with Gasteiger partial charge < -0.3 is 10.1 Å². The minimum Gasteiger partial charge on any atom is -0.493 e. The molecule has 2 aromatic rings. The molecule has 1 aliphatic rings. The van der Waals surface area contributed by atoms with Crippen LogP contribution in [0.15, 0.2) is 51.8 Å². The zero-order valence-corrected chi connectivity index (χ0v) is 19.6. The third kappa shape index (κ3) is 5.42. The maximum atomic E-state index is 12.8. The van der Waals surface area contributed by atoms with Gasteiger partial charge in [-0.3, -0.25) is 4.79 Å². The summed E-state index contributed by atoms with van der Waals surface area (Å²) in [5.41, 5.74) is 0.935. The van der Waals surface area contributed by atoms with Crippen LogP contribution in [-0.2, 0) is 10.0 Å². The summed E-state index contributed by atoms with van der Waals surface area (Å²) in [6, 6.07) is 11.6. The number of amides is 1. The molecule has 8 heteroatoms. The molecule has 2 aromatic carbocycles. The fourth-order valence-electron chi connectivity index (χ4n) is 3.30. The minimum absolute atomic E-state index is 0.240. The van der Waals surface area contributed by atoms with Crippen molar-refractivity contribution in [2.75, 3.05) is 25.0 Å². The second-order valence-electron chi connectivity index (χ2n) is 7.55. The summed E-state index contributed by atoms with van der Waals surface area (Å²) >= 11 is 3.38. The first-order valence-corrected chi connectivity index (χ1v) is 12.4. The summed E-state index contributed by atoms with van der Waals surface area (Å²) in [4.78, 5) is 13.0. The van der Waals surface area contributed by atoms with Crippen molar-refractivity contribution in [2.24, 2.45) is 5.92 Å². The van der Waals surface area contributed by atoms with Crippen LogP contribution < -0.4 is 10.1 Å². The van der Waals surface area contributed by atoms with Crippen molar-refractivity contribution in [3.63, 3.8) is 0 Å². The smallest absolute Gasteiger partial charge is 0.259 e. The van der Waals surface area contributed by atoms with Gasteiger partial charge in [-0.15, -0.1) is 0 Å². The normalized spacial score (nSPS) is 15.7. The van der Waals surface area contributed by atoms with E-state index < -0.39 is 10.0 Å². The van der Waals surface area contributed by atoms with E-state index in [1.54, 1.807) is 40.7 Å². The van der Waals surface area contributed by atoms with Crippen molar-refractivity contribution in [3.05, 3.63) is 52.5 Å². The molecule has 0 unspecified atom stereocenters. The first kappa shape index (κ1) is 22.8. The molecule has 30 heavy (non-hydrogen) atoms. The molecule has 162 valence electrons. The standard InChI is InChI=1S/C22H27BrN2O4S/c1-3-14-29-21-9-4-17(23)15-20(21)22(26)24-18-5-7-19(8-6-18)30(27,28)25-12-10-16(2)11-13-25/h4-9,15-16H,3,10-14H2,1-2H3,(H,24,26). The summed E-state index contributed by atoms with van der Waals surface area (Å²) in [5, 5.41) is 2.82. The van der Waals surface area contributed by atoms with Gasteiger partial charge in [0.1, 0.15) is 5.75 Å². The lowest BCUT2D eigenvalue weighted by atomic mass is 10.0. The van der Waals surface area contributed by atoms with Gasteiger partial charge in [-0.25, -0.2) is 8.42 Å². The Bertz CT molecular complexity index is 985. The first-order chi connectivity index (χ1) is 14.3. The van der Waals surface area contributed by atoms with Crippen molar-refractivity contribution in [1.82, 2.24) is 4.31 Å². The molecule has 1 N–H and O–H groups in total. The third-order valence-corrected chi connectivity index (χ3v) is 7.55. The number of ether oxygens (including phenoxy) is 1. The molecule has 0 radical (unpaired) electrons. The predicted molar refractivity (Wildman–Crippen MR) is 121 cm³/mol. The lowest BCUT2D eigenvalue weighted by molar-refractivity contribution is 0.102. The summed E-state index contributed by atoms with van der Waals surface area (Å²) in [6.07, 6.45) is 2.59. The molecule has 0 aliphatic carbocycles. The number of rotatable bonds is 7. The number of sulfonamides is 1. The Morgan fingerprint density at radius 2 is 1.83 bits per heavy atom. The molecule has 1 amide bonds. The summed E-state index contributed by atoms with van der Waals surface area (Å²) in [5.74, 6) is 0.748. The van der Waals surface area contributed by atoms with E-state index in [0.29, 0.717) is 42.6 Å². The van der Waals surface area contributed by atoms with Crippen LogP contribution in [0.5, 0.6) is 5.75 Å². The van der Waals surface area contributed by atoms with E-state index in [1.807, 2.05) is 13.0 Å². The van der Waals surface area contributed by atoms with Crippen LogP contribution >= 0.6 is 15.9 Å². The lowest BCUT2D eigenvalue weighted by Crippen LogP contribution is -2.37. The van der Waals surface area contributed by atoms with Crippen LogP contribution in [0.2, 0.25) is 0 Å². The Balaban J connectivity index is 1.73. The predicted octanol–water partition coefficient (Wildman–Crippen LogP) is 4.91. The van der Waals surface area contributed by atoms with Gasteiger partial charge >= 0.3 is 0 Å². The molecule has 1 aliphatic heterocycles. The molecule has 1 fully saturated rings. The van der Waals surface area contributed by atoms with Gasteiger partial charge in [0, 0.05) is 23.2 Å². The van der Waals surface area contributed by atoms with Gasteiger partial charge in [-0.2, -0.15) is 4.31 Å². The topological polar surface area (TPSA) is 75.7 Å². The van der Waals surface area contributed by atoms with Gasteiger partial charge in [0.2, 0.25) is 10.0 Å². The number of benzene rings is 2. The molecular weight excluding hydrogens is 468 g/mol. The summed E-state index contributed by atoms with van der Waals surface area (Å²) < 4.78 is 33.7. The van der Waals surface area contributed by atoms with Gasteiger partial charge in [0.15, 0.2) is 0 Å². The third-order valence-electron chi connectivity index (χ3n) is 5.14. The van der Waals surface area contributed by atoms with E-state index in [-0.39, 0.29) is 10.8 Å². The van der Waals surface area contributed by atoms with E-state index in [9.17, 15) is 13.2 Å². The molecule has 0 aromatic heterocycles. The Kier molecular flexibility index (Phi) is 7.55. The number of anilines is 1. The van der Waals surface area contributed by atoms with E-state index in [1.165, 1.54) is 0 Å². The number of carbonyl (C=O) groups is 1. The first-order valence-electron chi connectivity index (χ1n) is 10.1. The molecule has 1 heterocycles. The Morgan fingerprint density at radius 3 is 2.47 bits per heavy atom. The van der Waals surface area contributed by atoms with E-state index in [4.69, 9.17) is 4.74 Å². The van der Waals surface area contributed by atoms with Crippen molar-refractivity contribution >= 4 is 37.5 Å². The van der Waals surface area contributed by atoms with Crippen molar-refractivity contribution < 1.29 is 17.9 Å². The second kappa shape index (κ2) is 9.94. The number of carbonyl (C=O) groups excluding carboxylic acids is 1. The quantitative estimate of drug-likeness (QED) is 0.592. The van der Waals surface area contributed by atoms with Gasteiger partial charge in [-0.05, 0) is 67.6 Å². The zero-order valence-electron chi connectivity index (χ0n) is 17.2. The van der Waals surface area contributed by atoms with Crippen molar-refractivity contribution in [2.45, 2.75) is 38.0 Å². The number of nitrogens with zero attached hydrogens (tertiary/aromatic N) is 1. The number of piperidine rings is 1. The maximum absolute atomic E-state index is 12.8. The van der Waals surface area contributed by atoms with Crippen molar-refractivity contribution in [1.29, 1.82) is 0 Å². The van der Waals surface area contributed by atoms with Crippen LogP contribution in [0.4, 0.5) is 5.69 Å². The molecule has 0 bridgehead atoms. The van der Waals surface area contributed by atoms with Crippen molar-refractivity contribution in [3.8, 4) is 5.75 Å². The molecule has 1 saturated heterocycles. The zero-order chi connectivity index (χ0) is 21.7. The Hall–Kier alpha value is -1.90. The number of hydrogen-bond donors (Lipinski definition) is 1. The Labute approximate surface area is 186 Å². The molecular formula is C22H27BrN2O4S. The summed E-state index contributed by atoms with van der Waals surface area (Å²) in [6.45, 7) is 5.75. The Morgan fingerprint density at radius 1 is 1.17 bits per heavy atom. The van der Waals surface area contributed by atoms with Crippen LogP contribution in [0.25, 0.3) is 0 Å². The van der Waals surface area contributed by atoms with Crippen LogP contribution in [0.1, 0.15) is 43.5 Å². The van der Waals surface area contributed by atoms with E-state index in [2.05, 4.69) is 28.2 Å². The van der Waals surface area contributed by atoms with Gasteiger partial charge in [0.25, 0.3) is 5.91 Å². The van der Waals surface area contributed by atoms with Gasteiger partial charge in [-0.1, -0.05) is 29.8 Å². The lowest BCUT2D eigenvalue weighted by Gasteiger charge is -2.29. The number of halogens is 1. The highest BCUT2D eigenvalue weighted by molar-refractivity contribution is 9.10. The van der Waals surface area contributed by atoms with Gasteiger partial charge in [0.05, 0.1) is 17.1 Å². The fraction of sp³-hybridized carbons (Fsp3) is 0.409. The van der Waals surface area contributed by atoms with E-state index >= 15 is 0 Å². The maximum Gasteiger partial charge on any atom is 0.259 e. The minimum atomic E-state index is -3.51. The SMILES string of the molecule is CCCOc1ccc(Br)cc1C(=O)Nc1ccc(S(=O)(=O)N2CCC(C)CC2)cc1. The number of nitrogens with one attached hydrogen (secondary N) is 1. The number of hydrogen-bond acceptors (Lipinski definition) is 4. The molecule has 6 nitrogen and oxygen atoms in total. The average molecular weight is 495 g/mol. The molecule has 0 atom stereocenters. The molecule has 3 rings (SSSR count). The molecule has 0 spiro atoms. The largest absolute Gasteiger partial charge is 0.493 e. The van der Waals surface area contributed by atoms with E-state index in [0.717, 1.165) is 23.7 Å². The highest BCUT2D eigenvalue weighted by atomic mass is 79.9. The van der Waals surface area contributed by atoms with Crippen LogP contribution in [0, 0.1) is 5.92 Å². The summed E-state index contributed by atoms with van der Waals surface area (Å²) in [7, 11) is -3.51. The second-order valence-corrected chi connectivity index (χ2v) is 10.4. The monoisotopic (exact) mass is 494 g/mol. The highest BCUT2D eigenvalue weighted by Crippen LogP contribution is 2.26. The fourth-order valence-corrected chi connectivity index (χ4v) is 5.13. The highest BCUT2D eigenvalue weighted by Gasteiger charge is 2.28. The molecule has 0 saturated carbocycles. The van der Waals surface area contributed by atoms with Crippen LogP contribution in [-0.4, -0.2) is 38.3 Å². The average Bonchev–Trinajstić information content (AvgIpc) is 2.73. The van der Waals surface area contributed by atoms with Crippen LogP contribution in [0.3, 0.4) is 0 Å².